The minimum atomic E-state index is 0.323. The molecule has 1 saturated heterocycles. The molecule has 0 aliphatic carbocycles. The number of guanidine groups is 1. The second-order valence-electron chi connectivity index (χ2n) is 6.29. The first kappa shape index (κ1) is 19.2. The Hall–Kier alpha value is -0.810. The van der Waals surface area contributed by atoms with Crippen molar-refractivity contribution in [3.05, 3.63) is 0 Å². The fourth-order valence-electron chi connectivity index (χ4n) is 2.41. The molecule has 5 heteroatoms. The molecule has 22 heavy (non-hydrogen) atoms. The number of nitrogens with zero attached hydrogens (tertiary/aromatic N) is 1. The van der Waals surface area contributed by atoms with Crippen LogP contribution in [0.5, 0.6) is 0 Å². The highest BCUT2D eigenvalue weighted by Gasteiger charge is 2.14. The van der Waals surface area contributed by atoms with Crippen molar-refractivity contribution in [1.29, 1.82) is 0 Å². The molecule has 0 saturated carbocycles. The highest BCUT2D eigenvalue weighted by Crippen LogP contribution is 2.11. The van der Waals surface area contributed by atoms with Gasteiger partial charge in [-0.25, -0.2) is 0 Å². The second kappa shape index (κ2) is 12.7. The molecule has 130 valence electrons. The molecule has 1 aliphatic heterocycles. The van der Waals surface area contributed by atoms with Crippen molar-refractivity contribution in [2.75, 3.05) is 39.5 Å². The predicted molar refractivity (Wildman–Crippen MR) is 92.5 cm³/mol. The molecule has 1 fully saturated rings. The maximum atomic E-state index is 5.65. The molecule has 0 radical (unpaired) electrons. The Morgan fingerprint density at radius 1 is 1.32 bits per heavy atom. The Morgan fingerprint density at radius 3 is 2.86 bits per heavy atom. The lowest BCUT2D eigenvalue weighted by molar-refractivity contribution is 0.0171. The van der Waals surface area contributed by atoms with Crippen molar-refractivity contribution in [1.82, 2.24) is 10.6 Å². The van der Waals surface area contributed by atoms with Gasteiger partial charge in [0, 0.05) is 32.8 Å². The maximum absolute atomic E-state index is 5.65. The van der Waals surface area contributed by atoms with Gasteiger partial charge in [0.05, 0.1) is 12.7 Å². The van der Waals surface area contributed by atoms with Crippen LogP contribution in [-0.4, -0.2) is 51.5 Å². The van der Waals surface area contributed by atoms with Crippen LogP contribution in [0.15, 0.2) is 4.99 Å². The molecule has 1 aliphatic rings. The van der Waals surface area contributed by atoms with Crippen molar-refractivity contribution in [2.45, 2.75) is 59.0 Å². The van der Waals surface area contributed by atoms with Crippen molar-refractivity contribution < 1.29 is 9.47 Å². The van der Waals surface area contributed by atoms with Crippen LogP contribution in [0.2, 0.25) is 0 Å². The zero-order valence-corrected chi connectivity index (χ0v) is 14.7. The van der Waals surface area contributed by atoms with E-state index in [0.29, 0.717) is 6.10 Å². The van der Waals surface area contributed by atoms with E-state index in [9.17, 15) is 0 Å². The van der Waals surface area contributed by atoms with Crippen LogP contribution >= 0.6 is 0 Å². The highest BCUT2D eigenvalue weighted by molar-refractivity contribution is 5.79. The fourth-order valence-corrected chi connectivity index (χ4v) is 2.41. The van der Waals surface area contributed by atoms with Gasteiger partial charge < -0.3 is 20.1 Å². The monoisotopic (exact) mass is 313 g/mol. The molecule has 0 amide bonds. The smallest absolute Gasteiger partial charge is 0.191 e. The molecular weight excluding hydrogens is 278 g/mol. The Labute approximate surface area is 136 Å². The van der Waals surface area contributed by atoms with Gasteiger partial charge in [0.15, 0.2) is 5.96 Å². The lowest BCUT2D eigenvalue weighted by atomic mass is 10.1. The van der Waals surface area contributed by atoms with E-state index in [0.717, 1.165) is 64.2 Å². The van der Waals surface area contributed by atoms with Gasteiger partial charge >= 0.3 is 0 Å². The first-order valence-corrected chi connectivity index (χ1v) is 8.94. The summed E-state index contributed by atoms with van der Waals surface area (Å²) < 4.78 is 11.2. The minimum Gasteiger partial charge on any atom is -0.379 e. The summed E-state index contributed by atoms with van der Waals surface area (Å²) in [5.74, 6) is 1.69. The minimum absolute atomic E-state index is 0.323. The van der Waals surface area contributed by atoms with E-state index in [4.69, 9.17) is 9.47 Å². The van der Waals surface area contributed by atoms with Gasteiger partial charge in [0.2, 0.25) is 0 Å². The lowest BCUT2D eigenvalue weighted by Gasteiger charge is -2.12. The van der Waals surface area contributed by atoms with Crippen LogP contribution < -0.4 is 10.6 Å². The van der Waals surface area contributed by atoms with Gasteiger partial charge in [-0.1, -0.05) is 13.8 Å². The molecule has 1 unspecified atom stereocenters. The summed E-state index contributed by atoms with van der Waals surface area (Å²) in [6.45, 7) is 11.7. The summed E-state index contributed by atoms with van der Waals surface area (Å²) in [5.41, 5.74) is 0. The van der Waals surface area contributed by atoms with Gasteiger partial charge in [-0.2, -0.15) is 0 Å². The van der Waals surface area contributed by atoms with Gasteiger partial charge in [0.1, 0.15) is 0 Å². The Bertz CT molecular complexity index is 290. The largest absolute Gasteiger partial charge is 0.379 e. The van der Waals surface area contributed by atoms with Crippen molar-refractivity contribution in [3.8, 4) is 0 Å². The molecular formula is C17H35N3O2. The van der Waals surface area contributed by atoms with Crippen LogP contribution in [0.25, 0.3) is 0 Å². The van der Waals surface area contributed by atoms with Gasteiger partial charge in [-0.05, 0) is 44.9 Å². The molecule has 1 atom stereocenters. The molecule has 0 spiro atoms. The summed E-state index contributed by atoms with van der Waals surface area (Å²) in [7, 11) is 0. The van der Waals surface area contributed by atoms with Crippen LogP contribution in [-0.2, 0) is 9.47 Å². The zero-order valence-electron chi connectivity index (χ0n) is 14.7. The summed E-state index contributed by atoms with van der Waals surface area (Å²) in [6.07, 6.45) is 6.03. The summed E-state index contributed by atoms with van der Waals surface area (Å²) in [4.78, 5) is 4.58. The number of hydrogen-bond donors (Lipinski definition) is 2. The molecule has 2 N–H and O–H groups in total. The molecule has 1 heterocycles. The quantitative estimate of drug-likeness (QED) is 0.350. The normalized spacial score (nSPS) is 18.9. The van der Waals surface area contributed by atoms with Crippen LogP contribution in [0.3, 0.4) is 0 Å². The fraction of sp³-hybridized carbons (Fsp3) is 0.941. The highest BCUT2D eigenvalue weighted by atomic mass is 16.5. The van der Waals surface area contributed by atoms with Gasteiger partial charge in [0.25, 0.3) is 0 Å². The number of nitrogens with one attached hydrogen (secondary N) is 2. The SMILES string of the molecule is CCNC(=NCCCOCC1CCCO1)NCCCC(C)C. The Balaban J connectivity index is 2.04. The van der Waals surface area contributed by atoms with E-state index in [2.05, 4.69) is 36.4 Å². The van der Waals surface area contributed by atoms with E-state index >= 15 is 0 Å². The van der Waals surface area contributed by atoms with E-state index in [-0.39, 0.29) is 0 Å². The van der Waals surface area contributed by atoms with Gasteiger partial charge in [-0.3, -0.25) is 4.99 Å². The molecule has 1 rings (SSSR count). The van der Waals surface area contributed by atoms with E-state index < -0.39 is 0 Å². The average molecular weight is 313 g/mol. The Morgan fingerprint density at radius 2 is 2.18 bits per heavy atom. The summed E-state index contributed by atoms with van der Waals surface area (Å²) >= 11 is 0. The topological polar surface area (TPSA) is 54.9 Å². The molecule has 0 aromatic carbocycles. The average Bonchev–Trinajstić information content (AvgIpc) is 3.00. The van der Waals surface area contributed by atoms with Crippen molar-refractivity contribution in [2.24, 2.45) is 10.9 Å². The van der Waals surface area contributed by atoms with Crippen molar-refractivity contribution in [3.63, 3.8) is 0 Å². The summed E-state index contributed by atoms with van der Waals surface area (Å²) in [6, 6.07) is 0. The molecule has 0 aromatic heterocycles. The van der Waals surface area contributed by atoms with E-state index in [1.807, 2.05) is 0 Å². The lowest BCUT2D eigenvalue weighted by Crippen LogP contribution is -2.38. The third-order valence-electron chi connectivity index (χ3n) is 3.64. The van der Waals surface area contributed by atoms with Gasteiger partial charge in [-0.15, -0.1) is 0 Å². The van der Waals surface area contributed by atoms with Crippen LogP contribution in [0.4, 0.5) is 0 Å². The first-order chi connectivity index (χ1) is 10.7. The number of ether oxygens (including phenoxy) is 2. The number of aliphatic imine (C=N–C) groups is 1. The van der Waals surface area contributed by atoms with Crippen LogP contribution in [0, 0.1) is 5.92 Å². The summed E-state index contributed by atoms with van der Waals surface area (Å²) in [5, 5.41) is 6.67. The number of hydrogen-bond acceptors (Lipinski definition) is 3. The third kappa shape index (κ3) is 10.0. The predicted octanol–water partition coefficient (Wildman–Crippen LogP) is 2.56. The molecule has 0 bridgehead atoms. The standard InChI is InChI=1S/C17H35N3O2/c1-4-18-17(19-10-5-8-15(2)3)20-11-7-12-21-14-16-9-6-13-22-16/h15-16H,4-14H2,1-3H3,(H2,18,19,20). The molecule has 5 nitrogen and oxygen atoms in total. The maximum Gasteiger partial charge on any atom is 0.191 e. The first-order valence-electron chi connectivity index (χ1n) is 8.94. The van der Waals surface area contributed by atoms with E-state index in [1.165, 1.54) is 19.3 Å². The van der Waals surface area contributed by atoms with Crippen molar-refractivity contribution >= 4 is 5.96 Å². The van der Waals surface area contributed by atoms with E-state index in [1.54, 1.807) is 0 Å². The Kier molecular flexibility index (Phi) is 11.1. The third-order valence-corrected chi connectivity index (χ3v) is 3.64. The molecule has 0 aromatic rings. The zero-order chi connectivity index (χ0) is 16.0. The number of rotatable bonds is 11. The van der Waals surface area contributed by atoms with Crippen LogP contribution in [0.1, 0.15) is 52.9 Å². The second-order valence-corrected chi connectivity index (χ2v) is 6.29.